The second-order valence-corrected chi connectivity index (χ2v) is 5.94. The van der Waals surface area contributed by atoms with E-state index in [9.17, 15) is 4.79 Å². The molecule has 0 spiro atoms. The topological polar surface area (TPSA) is 41.6 Å². The Hall–Kier alpha value is -2.24. The molecule has 2 aromatic rings. The fraction of sp³-hybridized carbons (Fsp3) is 0.300. The van der Waals surface area contributed by atoms with Gasteiger partial charge in [-0.25, -0.2) is 0 Å². The highest BCUT2D eigenvalue weighted by Crippen LogP contribution is 2.19. The number of hydrogen-bond donors (Lipinski definition) is 1. The number of hydrogen-bond acceptors (Lipinski definition) is 3. The number of nitrogens with one attached hydrogen (secondary N) is 1. The molecule has 0 saturated carbocycles. The molecule has 0 aliphatic heterocycles. The van der Waals surface area contributed by atoms with Gasteiger partial charge < -0.3 is 15.0 Å². The van der Waals surface area contributed by atoms with Gasteiger partial charge in [0.05, 0.1) is 6.61 Å². The zero-order valence-electron chi connectivity index (χ0n) is 14.6. The molecule has 0 aliphatic carbocycles. The quantitative estimate of drug-likeness (QED) is 0.768. The van der Waals surface area contributed by atoms with Crippen LogP contribution >= 0.6 is 12.2 Å². The van der Waals surface area contributed by atoms with E-state index in [1.807, 2.05) is 79.4 Å². The van der Waals surface area contributed by atoms with Crippen molar-refractivity contribution in [1.29, 1.82) is 0 Å². The van der Waals surface area contributed by atoms with E-state index in [4.69, 9.17) is 17.0 Å². The molecule has 1 atom stereocenters. The van der Waals surface area contributed by atoms with E-state index >= 15 is 0 Å². The maximum Gasteiger partial charge on any atom is 0.259 e. The molecule has 0 radical (unpaired) electrons. The maximum atomic E-state index is 12.8. The zero-order chi connectivity index (χ0) is 18.1. The largest absolute Gasteiger partial charge is 0.359 e. The number of amides is 1. The van der Waals surface area contributed by atoms with E-state index in [2.05, 4.69) is 5.32 Å². The Bertz CT molecular complexity index is 673. The Morgan fingerprint density at radius 2 is 1.60 bits per heavy atom. The van der Waals surface area contributed by atoms with Gasteiger partial charge in [-0.05, 0) is 37.2 Å². The van der Waals surface area contributed by atoms with E-state index in [1.165, 1.54) is 0 Å². The predicted molar refractivity (Wildman–Crippen MR) is 104 cm³/mol. The van der Waals surface area contributed by atoms with Gasteiger partial charge in [0.15, 0.2) is 11.2 Å². The van der Waals surface area contributed by atoms with Gasteiger partial charge in [-0.15, -0.1) is 0 Å². The summed E-state index contributed by atoms with van der Waals surface area (Å²) >= 11 is 5.34. The standard InChI is InChI=1S/C20H24N2O2S/c1-3-22(4-2)20(25)21-19(23)18(17-13-9-6-10-14-17)24-15-16-11-7-5-8-12-16/h5-14,18H,3-4,15H2,1-2H3,(H,21,23,25)/t18-/m1/s1. The first kappa shape index (κ1) is 19.1. The lowest BCUT2D eigenvalue weighted by Gasteiger charge is -2.24. The molecule has 2 rings (SSSR count). The lowest BCUT2D eigenvalue weighted by molar-refractivity contribution is -0.132. The first-order valence-electron chi connectivity index (χ1n) is 8.46. The van der Waals surface area contributed by atoms with Crippen LogP contribution in [0, 0.1) is 0 Å². The summed E-state index contributed by atoms with van der Waals surface area (Å²) < 4.78 is 5.93. The monoisotopic (exact) mass is 356 g/mol. The molecule has 0 aliphatic rings. The average molecular weight is 356 g/mol. The minimum absolute atomic E-state index is 0.251. The number of ether oxygens (including phenoxy) is 1. The fourth-order valence-electron chi connectivity index (χ4n) is 2.47. The van der Waals surface area contributed by atoms with Crippen LogP contribution in [0.1, 0.15) is 31.1 Å². The molecule has 1 N–H and O–H groups in total. The summed E-state index contributed by atoms with van der Waals surface area (Å²) in [5.74, 6) is -0.251. The van der Waals surface area contributed by atoms with Crippen molar-refractivity contribution in [2.24, 2.45) is 0 Å². The smallest absolute Gasteiger partial charge is 0.259 e. The number of rotatable bonds is 7. The van der Waals surface area contributed by atoms with Crippen molar-refractivity contribution in [3.05, 3.63) is 71.8 Å². The van der Waals surface area contributed by atoms with Crippen molar-refractivity contribution >= 4 is 23.2 Å². The third-order valence-electron chi connectivity index (χ3n) is 3.88. The van der Waals surface area contributed by atoms with Crippen molar-refractivity contribution < 1.29 is 9.53 Å². The predicted octanol–water partition coefficient (Wildman–Crippen LogP) is 3.69. The van der Waals surface area contributed by atoms with Crippen LogP contribution < -0.4 is 5.32 Å². The van der Waals surface area contributed by atoms with Crippen molar-refractivity contribution in [2.75, 3.05) is 13.1 Å². The number of thiocarbonyl (C=S) groups is 1. The molecule has 25 heavy (non-hydrogen) atoms. The summed E-state index contributed by atoms with van der Waals surface area (Å²) in [5.41, 5.74) is 1.82. The summed E-state index contributed by atoms with van der Waals surface area (Å²) in [7, 11) is 0. The number of carbonyl (C=O) groups excluding carboxylic acids is 1. The van der Waals surface area contributed by atoms with Crippen LogP contribution in [0.3, 0.4) is 0 Å². The van der Waals surface area contributed by atoms with Crippen LogP contribution in [0.5, 0.6) is 0 Å². The van der Waals surface area contributed by atoms with Gasteiger partial charge >= 0.3 is 0 Å². The Labute approximate surface area is 154 Å². The lowest BCUT2D eigenvalue weighted by atomic mass is 10.1. The SMILES string of the molecule is CCN(CC)C(=S)NC(=O)[C@H](OCc1ccccc1)c1ccccc1. The summed E-state index contributed by atoms with van der Waals surface area (Å²) in [6.45, 7) is 5.85. The molecule has 4 nitrogen and oxygen atoms in total. The van der Waals surface area contributed by atoms with Crippen LogP contribution in [0.2, 0.25) is 0 Å². The van der Waals surface area contributed by atoms with Crippen LogP contribution in [0.4, 0.5) is 0 Å². The summed E-state index contributed by atoms with van der Waals surface area (Å²) in [6.07, 6.45) is -0.713. The third kappa shape index (κ3) is 5.66. The van der Waals surface area contributed by atoms with Gasteiger partial charge in [0.25, 0.3) is 5.91 Å². The van der Waals surface area contributed by atoms with Crippen LogP contribution in [0.15, 0.2) is 60.7 Å². The van der Waals surface area contributed by atoms with Gasteiger partial charge in [-0.2, -0.15) is 0 Å². The molecule has 1 amide bonds. The zero-order valence-corrected chi connectivity index (χ0v) is 15.5. The van der Waals surface area contributed by atoms with Crippen LogP contribution in [-0.2, 0) is 16.1 Å². The van der Waals surface area contributed by atoms with E-state index in [1.54, 1.807) is 0 Å². The first-order valence-corrected chi connectivity index (χ1v) is 8.86. The maximum absolute atomic E-state index is 12.8. The van der Waals surface area contributed by atoms with Gasteiger partial charge in [0.1, 0.15) is 0 Å². The summed E-state index contributed by atoms with van der Waals surface area (Å²) in [5, 5.41) is 3.24. The minimum Gasteiger partial charge on any atom is -0.359 e. The Balaban J connectivity index is 2.11. The van der Waals surface area contributed by atoms with E-state index < -0.39 is 6.10 Å². The highest BCUT2D eigenvalue weighted by molar-refractivity contribution is 7.80. The Kier molecular flexibility index (Phi) is 7.57. The van der Waals surface area contributed by atoms with Crippen LogP contribution in [-0.4, -0.2) is 29.0 Å². The van der Waals surface area contributed by atoms with Crippen molar-refractivity contribution in [3.8, 4) is 0 Å². The number of benzene rings is 2. The highest BCUT2D eigenvalue weighted by atomic mass is 32.1. The second kappa shape index (κ2) is 9.91. The van der Waals surface area contributed by atoms with Crippen molar-refractivity contribution in [1.82, 2.24) is 10.2 Å². The minimum atomic E-state index is -0.713. The normalized spacial score (nSPS) is 11.6. The van der Waals surface area contributed by atoms with Gasteiger partial charge in [0.2, 0.25) is 0 Å². The molecule has 0 saturated heterocycles. The first-order chi connectivity index (χ1) is 12.2. The van der Waals surface area contributed by atoms with Crippen molar-refractivity contribution in [2.45, 2.75) is 26.6 Å². The highest BCUT2D eigenvalue weighted by Gasteiger charge is 2.23. The van der Waals surface area contributed by atoms with Gasteiger partial charge in [-0.3, -0.25) is 4.79 Å². The van der Waals surface area contributed by atoms with Crippen molar-refractivity contribution in [3.63, 3.8) is 0 Å². The lowest BCUT2D eigenvalue weighted by Crippen LogP contribution is -2.44. The van der Waals surface area contributed by atoms with Gasteiger partial charge in [-0.1, -0.05) is 60.7 Å². The molecule has 2 aromatic carbocycles. The molecule has 0 fully saturated rings. The van der Waals surface area contributed by atoms with E-state index in [-0.39, 0.29) is 5.91 Å². The fourth-order valence-corrected chi connectivity index (χ4v) is 2.82. The Morgan fingerprint density at radius 1 is 1.04 bits per heavy atom. The third-order valence-corrected chi connectivity index (χ3v) is 4.24. The Morgan fingerprint density at radius 3 is 2.16 bits per heavy atom. The second-order valence-electron chi connectivity index (χ2n) is 5.55. The molecule has 0 unspecified atom stereocenters. The van der Waals surface area contributed by atoms with E-state index in [0.717, 1.165) is 24.2 Å². The summed E-state index contributed by atoms with van der Waals surface area (Å²) in [6, 6.07) is 19.3. The molecular formula is C20H24N2O2S. The average Bonchev–Trinajstić information content (AvgIpc) is 2.64. The number of carbonyl (C=O) groups is 1. The molecule has 5 heteroatoms. The molecule has 0 bridgehead atoms. The summed E-state index contributed by atoms with van der Waals surface area (Å²) in [4.78, 5) is 14.7. The molecular weight excluding hydrogens is 332 g/mol. The van der Waals surface area contributed by atoms with Gasteiger partial charge in [0, 0.05) is 13.1 Å². The number of nitrogens with zero attached hydrogens (tertiary/aromatic N) is 1. The van der Waals surface area contributed by atoms with E-state index in [0.29, 0.717) is 11.7 Å². The molecule has 132 valence electrons. The molecule has 0 heterocycles. The van der Waals surface area contributed by atoms with Crippen LogP contribution in [0.25, 0.3) is 0 Å². The molecule has 0 aromatic heterocycles.